The van der Waals surface area contributed by atoms with Gasteiger partial charge >= 0.3 is 0 Å². The van der Waals surface area contributed by atoms with Crippen molar-refractivity contribution in [1.82, 2.24) is 4.98 Å². The molecule has 15 heavy (non-hydrogen) atoms. The van der Waals surface area contributed by atoms with E-state index in [1.807, 2.05) is 0 Å². The number of aromatic nitrogens is 1. The molecule has 0 spiro atoms. The van der Waals surface area contributed by atoms with Gasteiger partial charge in [-0.05, 0) is 5.56 Å². The lowest BCUT2D eigenvalue weighted by molar-refractivity contribution is 0.148. The van der Waals surface area contributed by atoms with Gasteiger partial charge in [0.2, 0.25) is 5.95 Å². The van der Waals surface area contributed by atoms with Crippen molar-refractivity contribution >= 4 is 15.9 Å². The second-order valence-electron chi connectivity index (χ2n) is 2.74. The topological polar surface area (TPSA) is 36.7 Å². The van der Waals surface area contributed by atoms with E-state index in [9.17, 15) is 13.2 Å². The van der Waals surface area contributed by atoms with Gasteiger partial charge in [0.1, 0.15) is 0 Å². The molecular weight excluding hydrogens is 273 g/mol. The van der Waals surface area contributed by atoms with Crippen LogP contribution in [0.15, 0.2) is 6.20 Å². The molecule has 0 atom stereocenters. The Hall–Kier alpha value is -1.09. The van der Waals surface area contributed by atoms with Gasteiger partial charge in [-0.15, -0.1) is 0 Å². The third kappa shape index (κ3) is 2.48. The molecule has 0 N–H and O–H groups in total. The minimum absolute atomic E-state index is 0.0508. The predicted molar refractivity (Wildman–Crippen MR) is 51.1 cm³/mol. The van der Waals surface area contributed by atoms with E-state index in [1.165, 1.54) is 0 Å². The fourth-order valence-electron chi connectivity index (χ4n) is 1.21. The van der Waals surface area contributed by atoms with Gasteiger partial charge in [-0.3, -0.25) is 0 Å². The largest absolute Gasteiger partial charge is 0.264 e. The van der Waals surface area contributed by atoms with E-state index in [2.05, 4.69) is 20.9 Å². The van der Waals surface area contributed by atoms with Crippen LogP contribution >= 0.6 is 15.9 Å². The summed E-state index contributed by atoms with van der Waals surface area (Å²) in [4.78, 5) is 3.33. The second kappa shape index (κ2) is 5.12. The minimum atomic E-state index is -2.81. The standard InChI is InChI=1S/C9H6BrF3N2/c10-3-6-7(8(11)12)5(1-2-14)4-15-9(6)13/h4,8H,1,3H2. The van der Waals surface area contributed by atoms with Crippen LogP contribution in [0.1, 0.15) is 23.1 Å². The fourth-order valence-corrected chi connectivity index (χ4v) is 1.75. The van der Waals surface area contributed by atoms with E-state index in [-0.39, 0.29) is 22.9 Å². The summed E-state index contributed by atoms with van der Waals surface area (Å²) in [6.45, 7) is 0. The van der Waals surface area contributed by atoms with Crippen LogP contribution in [0, 0.1) is 17.3 Å². The molecule has 0 amide bonds. The van der Waals surface area contributed by atoms with E-state index in [0.717, 1.165) is 6.20 Å². The van der Waals surface area contributed by atoms with Gasteiger partial charge in [0.15, 0.2) is 0 Å². The molecule has 0 fully saturated rings. The van der Waals surface area contributed by atoms with Crippen molar-refractivity contribution in [2.75, 3.05) is 0 Å². The third-order valence-corrected chi connectivity index (χ3v) is 2.44. The molecule has 0 aliphatic heterocycles. The van der Waals surface area contributed by atoms with E-state index >= 15 is 0 Å². The quantitative estimate of drug-likeness (QED) is 0.629. The molecule has 0 aliphatic carbocycles. The summed E-state index contributed by atoms with van der Waals surface area (Å²) in [5.74, 6) is -0.927. The van der Waals surface area contributed by atoms with Crippen LogP contribution in [0.3, 0.4) is 0 Å². The Morgan fingerprint density at radius 3 is 2.67 bits per heavy atom. The Labute approximate surface area is 92.9 Å². The van der Waals surface area contributed by atoms with Crippen LogP contribution in [0.4, 0.5) is 13.2 Å². The lowest BCUT2D eigenvalue weighted by atomic mass is 10.0. The van der Waals surface area contributed by atoms with E-state index < -0.39 is 17.9 Å². The number of pyridine rings is 1. The van der Waals surface area contributed by atoms with E-state index in [0.29, 0.717) is 0 Å². The van der Waals surface area contributed by atoms with Gasteiger partial charge in [-0.1, -0.05) is 15.9 Å². The summed E-state index contributed by atoms with van der Waals surface area (Å²) in [5, 5.41) is 8.38. The molecule has 0 aliphatic rings. The van der Waals surface area contributed by atoms with Crippen molar-refractivity contribution in [3.63, 3.8) is 0 Å². The highest BCUT2D eigenvalue weighted by molar-refractivity contribution is 9.08. The maximum absolute atomic E-state index is 13.1. The molecule has 0 unspecified atom stereocenters. The Bertz CT molecular complexity index is 401. The fraction of sp³-hybridized carbons (Fsp3) is 0.333. The SMILES string of the molecule is N#CCc1cnc(F)c(CBr)c1C(F)F. The van der Waals surface area contributed by atoms with Crippen LogP contribution in [-0.2, 0) is 11.8 Å². The maximum Gasteiger partial charge on any atom is 0.264 e. The highest BCUT2D eigenvalue weighted by atomic mass is 79.9. The van der Waals surface area contributed by atoms with E-state index in [4.69, 9.17) is 5.26 Å². The van der Waals surface area contributed by atoms with Crippen molar-refractivity contribution in [3.05, 3.63) is 28.8 Å². The molecule has 0 saturated carbocycles. The Morgan fingerprint density at radius 2 is 2.20 bits per heavy atom. The zero-order valence-electron chi connectivity index (χ0n) is 7.48. The number of rotatable bonds is 3. The summed E-state index contributed by atoms with van der Waals surface area (Å²) in [5.41, 5.74) is -0.540. The van der Waals surface area contributed by atoms with Crippen molar-refractivity contribution in [2.24, 2.45) is 0 Å². The summed E-state index contributed by atoms with van der Waals surface area (Å²) < 4.78 is 38.4. The molecule has 0 saturated heterocycles. The predicted octanol–water partition coefficient (Wildman–Crippen LogP) is 3.12. The van der Waals surface area contributed by atoms with Gasteiger partial charge in [0.25, 0.3) is 6.43 Å². The normalized spacial score (nSPS) is 10.4. The van der Waals surface area contributed by atoms with Crippen LogP contribution in [0.2, 0.25) is 0 Å². The smallest absolute Gasteiger partial charge is 0.228 e. The first kappa shape index (κ1) is 12.0. The summed E-state index contributed by atoms with van der Waals surface area (Å²) >= 11 is 2.92. The molecular formula is C9H6BrF3N2. The highest BCUT2D eigenvalue weighted by Gasteiger charge is 2.21. The minimum Gasteiger partial charge on any atom is -0.228 e. The maximum atomic E-state index is 13.1. The molecule has 1 aromatic rings. The van der Waals surface area contributed by atoms with Crippen LogP contribution in [0.5, 0.6) is 0 Å². The van der Waals surface area contributed by atoms with Crippen molar-refractivity contribution < 1.29 is 13.2 Å². The first-order chi connectivity index (χ1) is 7.11. The number of hydrogen-bond acceptors (Lipinski definition) is 2. The lowest BCUT2D eigenvalue weighted by Crippen LogP contribution is -2.04. The molecule has 1 rings (SSSR count). The number of hydrogen-bond donors (Lipinski definition) is 0. The second-order valence-corrected chi connectivity index (χ2v) is 3.30. The Balaban J connectivity index is 3.36. The number of alkyl halides is 3. The van der Waals surface area contributed by atoms with Gasteiger partial charge < -0.3 is 0 Å². The van der Waals surface area contributed by atoms with Crippen LogP contribution in [-0.4, -0.2) is 4.98 Å². The van der Waals surface area contributed by atoms with Gasteiger partial charge in [-0.2, -0.15) is 9.65 Å². The summed E-state index contributed by atoms with van der Waals surface area (Å²) in [6.07, 6.45) is -2.03. The summed E-state index contributed by atoms with van der Waals surface area (Å²) in [6, 6.07) is 1.74. The average molecular weight is 279 g/mol. The summed E-state index contributed by atoms with van der Waals surface area (Å²) in [7, 11) is 0. The molecule has 0 aromatic carbocycles. The van der Waals surface area contributed by atoms with Crippen LogP contribution < -0.4 is 0 Å². The molecule has 0 bridgehead atoms. The zero-order valence-corrected chi connectivity index (χ0v) is 9.06. The van der Waals surface area contributed by atoms with Crippen molar-refractivity contribution in [2.45, 2.75) is 18.2 Å². The molecule has 2 nitrogen and oxygen atoms in total. The monoisotopic (exact) mass is 278 g/mol. The number of halogens is 4. The third-order valence-electron chi connectivity index (χ3n) is 1.88. The first-order valence-corrected chi connectivity index (χ1v) is 5.11. The van der Waals surface area contributed by atoms with Gasteiger partial charge in [-0.25, -0.2) is 13.8 Å². The average Bonchev–Trinajstić information content (AvgIpc) is 2.20. The van der Waals surface area contributed by atoms with E-state index in [1.54, 1.807) is 6.07 Å². The zero-order chi connectivity index (χ0) is 11.4. The Kier molecular flexibility index (Phi) is 4.09. The lowest BCUT2D eigenvalue weighted by Gasteiger charge is -2.10. The molecule has 0 radical (unpaired) electrons. The van der Waals surface area contributed by atoms with Crippen LogP contribution in [0.25, 0.3) is 0 Å². The molecule has 80 valence electrons. The van der Waals surface area contributed by atoms with Crippen molar-refractivity contribution in [1.29, 1.82) is 5.26 Å². The molecule has 1 heterocycles. The first-order valence-electron chi connectivity index (χ1n) is 3.99. The molecule has 6 heteroatoms. The van der Waals surface area contributed by atoms with Crippen molar-refractivity contribution in [3.8, 4) is 6.07 Å². The number of nitriles is 1. The molecule has 1 aromatic heterocycles. The Morgan fingerprint density at radius 1 is 1.53 bits per heavy atom. The number of nitrogens with zero attached hydrogens (tertiary/aromatic N) is 2. The van der Waals surface area contributed by atoms with Gasteiger partial charge in [0.05, 0.1) is 12.5 Å². The highest BCUT2D eigenvalue weighted by Crippen LogP contribution is 2.29. The van der Waals surface area contributed by atoms with Gasteiger partial charge in [0, 0.05) is 22.7 Å².